The first-order chi connectivity index (χ1) is 9.33. The van der Waals surface area contributed by atoms with E-state index in [4.69, 9.17) is 0 Å². The standard InChI is InChI=1S/C16H23NOS/c18-14-7-5-13(6-8-14)17-16-11-19-10-9-12-3-1-2-4-15(12)16/h1-4,13-14,16-18H,5-11H2. The molecule has 104 valence electrons. The third kappa shape index (κ3) is 3.33. The molecule has 0 aromatic heterocycles. The molecule has 1 fully saturated rings. The summed E-state index contributed by atoms with van der Waals surface area (Å²) in [5.41, 5.74) is 3.01. The number of aryl methyl sites for hydroxylation is 1. The molecular formula is C16H23NOS. The van der Waals surface area contributed by atoms with Crippen LogP contribution in [0.1, 0.15) is 42.9 Å². The van der Waals surface area contributed by atoms with Crippen molar-refractivity contribution in [2.45, 2.75) is 50.3 Å². The molecule has 1 unspecified atom stereocenters. The van der Waals surface area contributed by atoms with Gasteiger partial charge in [-0.3, -0.25) is 0 Å². The third-order valence-corrected chi connectivity index (χ3v) is 5.43. The summed E-state index contributed by atoms with van der Waals surface area (Å²) in [5.74, 6) is 2.41. The summed E-state index contributed by atoms with van der Waals surface area (Å²) in [7, 11) is 0. The molecule has 19 heavy (non-hydrogen) atoms. The second kappa shape index (κ2) is 6.29. The van der Waals surface area contributed by atoms with Crippen LogP contribution in [0.5, 0.6) is 0 Å². The Bertz CT molecular complexity index is 415. The number of benzene rings is 1. The topological polar surface area (TPSA) is 32.3 Å². The molecule has 1 aliphatic heterocycles. The SMILES string of the molecule is OC1CCC(NC2CSCCc3ccccc32)CC1. The lowest BCUT2D eigenvalue weighted by molar-refractivity contribution is 0.115. The molecule has 3 rings (SSSR count). The molecule has 1 aromatic carbocycles. The lowest BCUT2D eigenvalue weighted by Crippen LogP contribution is -2.38. The van der Waals surface area contributed by atoms with Crippen molar-refractivity contribution in [3.05, 3.63) is 35.4 Å². The van der Waals surface area contributed by atoms with E-state index >= 15 is 0 Å². The molecule has 0 amide bonds. The second-order valence-electron chi connectivity index (χ2n) is 5.75. The fourth-order valence-electron chi connectivity index (χ4n) is 3.24. The quantitative estimate of drug-likeness (QED) is 0.872. The highest BCUT2D eigenvalue weighted by atomic mass is 32.2. The summed E-state index contributed by atoms with van der Waals surface area (Å²) < 4.78 is 0. The first kappa shape index (κ1) is 13.5. The lowest BCUT2D eigenvalue weighted by Gasteiger charge is -2.30. The van der Waals surface area contributed by atoms with E-state index in [0.29, 0.717) is 12.1 Å². The van der Waals surface area contributed by atoms with Crippen LogP contribution in [0, 0.1) is 0 Å². The molecule has 1 aromatic rings. The summed E-state index contributed by atoms with van der Waals surface area (Å²) in [6.45, 7) is 0. The van der Waals surface area contributed by atoms with Gasteiger partial charge in [0.05, 0.1) is 6.10 Å². The van der Waals surface area contributed by atoms with E-state index in [1.807, 2.05) is 0 Å². The summed E-state index contributed by atoms with van der Waals surface area (Å²) in [5, 5.41) is 13.4. The fourth-order valence-corrected chi connectivity index (χ4v) is 4.28. The predicted octanol–water partition coefficient (Wildman–Crippen LogP) is 2.91. The average Bonchev–Trinajstić information content (AvgIpc) is 2.64. The molecule has 1 heterocycles. The van der Waals surface area contributed by atoms with Crippen molar-refractivity contribution in [2.75, 3.05) is 11.5 Å². The van der Waals surface area contributed by atoms with Crippen molar-refractivity contribution in [3.8, 4) is 0 Å². The van der Waals surface area contributed by atoms with Crippen molar-refractivity contribution < 1.29 is 5.11 Å². The van der Waals surface area contributed by atoms with Crippen LogP contribution in [0.15, 0.2) is 24.3 Å². The van der Waals surface area contributed by atoms with Crippen molar-refractivity contribution in [2.24, 2.45) is 0 Å². The highest BCUT2D eigenvalue weighted by molar-refractivity contribution is 7.99. The highest BCUT2D eigenvalue weighted by Crippen LogP contribution is 2.29. The van der Waals surface area contributed by atoms with E-state index in [9.17, 15) is 5.11 Å². The van der Waals surface area contributed by atoms with E-state index < -0.39 is 0 Å². The lowest BCUT2D eigenvalue weighted by atomic mass is 9.91. The summed E-state index contributed by atoms with van der Waals surface area (Å²) in [6.07, 6.45) is 5.28. The highest BCUT2D eigenvalue weighted by Gasteiger charge is 2.24. The number of hydrogen-bond donors (Lipinski definition) is 2. The van der Waals surface area contributed by atoms with Gasteiger partial charge in [0.25, 0.3) is 0 Å². The van der Waals surface area contributed by atoms with Gasteiger partial charge in [0.2, 0.25) is 0 Å². The van der Waals surface area contributed by atoms with Gasteiger partial charge in [-0.15, -0.1) is 0 Å². The molecule has 1 atom stereocenters. The smallest absolute Gasteiger partial charge is 0.0541 e. The number of rotatable bonds is 2. The van der Waals surface area contributed by atoms with E-state index in [1.165, 1.54) is 29.1 Å². The Morgan fingerprint density at radius 1 is 1.11 bits per heavy atom. The maximum absolute atomic E-state index is 9.60. The van der Waals surface area contributed by atoms with Crippen LogP contribution in [0.25, 0.3) is 0 Å². The Labute approximate surface area is 120 Å². The van der Waals surface area contributed by atoms with Gasteiger partial charge in [-0.1, -0.05) is 24.3 Å². The first-order valence-corrected chi connectivity index (χ1v) is 8.58. The van der Waals surface area contributed by atoms with Gasteiger partial charge >= 0.3 is 0 Å². The third-order valence-electron chi connectivity index (χ3n) is 4.36. The molecule has 0 bridgehead atoms. The zero-order chi connectivity index (χ0) is 13.1. The van der Waals surface area contributed by atoms with Crippen molar-refractivity contribution in [1.29, 1.82) is 0 Å². The largest absolute Gasteiger partial charge is 0.393 e. The number of thioether (sulfide) groups is 1. The molecule has 3 heteroatoms. The Morgan fingerprint density at radius 3 is 2.74 bits per heavy atom. The molecule has 1 saturated carbocycles. The number of nitrogens with one attached hydrogen (secondary N) is 1. The number of hydrogen-bond acceptors (Lipinski definition) is 3. The second-order valence-corrected chi connectivity index (χ2v) is 6.90. The van der Waals surface area contributed by atoms with Crippen LogP contribution < -0.4 is 5.32 Å². The van der Waals surface area contributed by atoms with Crippen LogP contribution in [0.4, 0.5) is 0 Å². The van der Waals surface area contributed by atoms with E-state index in [-0.39, 0.29) is 6.10 Å². The van der Waals surface area contributed by atoms with Gasteiger partial charge in [-0.2, -0.15) is 11.8 Å². The maximum Gasteiger partial charge on any atom is 0.0541 e. The molecule has 0 spiro atoms. The Morgan fingerprint density at radius 2 is 1.89 bits per heavy atom. The summed E-state index contributed by atoms with van der Waals surface area (Å²) >= 11 is 2.06. The number of aliphatic hydroxyl groups is 1. The van der Waals surface area contributed by atoms with E-state index in [2.05, 4.69) is 41.3 Å². The molecule has 0 radical (unpaired) electrons. The summed E-state index contributed by atoms with van der Waals surface area (Å²) in [6, 6.07) is 9.96. The first-order valence-electron chi connectivity index (χ1n) is 7.42. The number of fused-ring (bicyclic) bond motifs is 1. The minimum atomic E-state index is -0.0613. The van der Waals surface area contributed by atoms with Gasteiger partial charge in [0.15, 0.2) is 0 Å². The van der Waals surface area contributed by atoms with Crippen LogP contribution in [-0.2, 0) is 6.42 Å². The molecule has 2 aliphatic rings. The molecule has 1 aliphatic carbocycles. The average molecular weight is 277 g/mol. The zero-order valence-corrected chi connectivity index (χ0v) is 12.2. The van der Waals surface area contributed by atoms with E-state index in [0.717, 1.165) is 25.7 Å². The molecule has 2 nitrogen and oxygen atoms in total. The monoisotopic (exact) mass is 277 g/mol. The van der Waals surface area contributed by atoms with Gasteiger partial charge in [0, 0.05) is 17.8 Å². The molecular weight excluding hydrogens is 254 g/mol. The molecule has 2 N–H and O–H groups in total. The zero-order valence-electron chi connectivity index (χ0n) is 11.3. The minimum Gasteiger partial charge on any atom is -0.393 e. The van der Waals surface area contributed by atoms with E-state index in [1.54, 1.807) is 0 Å². The Kier molecular flexibility index (Phi) is 4.46. The van der Waals surface area contributed by atoms with Gasteiger partial charge in [-0.25, -0.2) is 0 Å². The number of aliphatic hydroxyl groups excluding tert-OH is 1. The van der Waals surface area contributed by atoms with Crippen LogP contribution in [0.2, 0.25) is 0 Å². The van der Waals surface area contributed by atoms with Gasteiger partial charge in [0.1, 0.15) is 0 Å². The van der Waals surface area contributed by atoms with Crippen molar-refractivity contribution in [1.82, 2.24) is 5.32 Å². The Hall–Kier alpha value is -0.510. The van der Waals surface area contributed by atoms with Crippen LogP contribution in [0.3, 0.4) is 0 Å². The van der Waals surface area contributed by atoms with Gasteiger partial charge in [-0.05, 0) is 49.0 Å². The maximum atomic E-state index is 9.60. The Balaban J connectivity index is 1.70. The normalized spacial score (nSPS) is 31.5. The van der Waals surface area contributed by atoms with Crippen molar-refractivity contribution >= 4 is 11.8 Å². The van der Waals surface area contributed by atoms with Crippen molar-refractivity contribution in [3.63, 3.8) is 0 Å². The predicted molar refractivity (Wildman–Crippen MR) is 81.6 cm³/mol. The van der Waals surface area contributed by atoms with Crippen LogP contribution >= 0.6 is 11.8 Å². The fraction of sp³-hybridized carbons (Fsp3) is 0.625. The molecule has 0 saturated heterocycles. The minimum absolute atomic E-state index is 0.0613. The van der Waals surface area contributed by atoms with Gasteiger partial charge < -0.3 is 10.4 Å². The summed E-state index contributed by atoms with van der Waals surface area (Å²) in [4.78, 5) is 0. The van der Waals surface area contributed by atoms with Crippen LogP contribution in [-0.4, -0.2) is 28.8 Å².